The van der Waals surface area contributed by atoms with Crippen LogP contribution in [0.15, 0.2) is 60.8 Å². The van der Waals surface area contributed by atoms with E-state index in [0.29, 0.717) is 6.42 Å². The molecule has 170 valence electrons. The number of amides is 4. The van der Waals surface area contributed by atoms with Crippen LogP contribution in [0.3, 0.4) is 0 Å². The molecule has 7 nitrogen and oxygen atoms in total. The van der Waals surface area contributed by atoms with Crippen molar-refractivity contribution in [3.05, 3.63) is 66.4 Å². The molecule has 2 aromatic carbocycles. The quantitative estimate of drug-likeness (QED) is 0.564. The summed E-state index contributed by atoms with van der Waals surface area (Å²) in [5, 5.41) is 3.80. The van der Waals surface area contributed by atoms with E-state index in [9.17, 15) is 14.4 Å². The Morgan fingerprint density at radius 3 is 2.48 bits per heavy atom. The number of carbonyl (C=O) groups is 3. The van der Waals surface area contributed by atoms with Gasteiger partial charge in [0, 0.05) is 35.2 Å². The third-order valence-electron chi connectivity index (χ3n) is 6.74. The Labute approximate surface area is 192 Å². The molecule has 1 aromatic heterocycles. The third-order valence-corrected chi connectivity index (χ3v) is 6.74. The topological polar surface area (TPSA) is 85.5 Å². The highest BCUT2D eigenvalue weighted by Gasteiger charge is 2.40. The average molecular weight is 445 g/mol. The summed E-state index contributed by atoms with van der Waals surface area (Å²) in [6.45, 7) is -0.250. The van der Waals surface area contributed by atoms with Crippen molar-refractivity contribution in [2.24, 2.45) is 0 Å². The number of H-pyrrole nitrogens is 1. The van der Waals surface area contributed by atoms with Gasteiger partial charge in [0.25, 0.3) is 5.91 Å². The molecular formula is C26H28N4O3. The first kappa shape index (κ1) is 21.2. The number of nitrogens with one attached hydrogen (secondary N) is 2. The van der Waals surface area contributed by atoms with Crippen molar-refractivity contribution in [1.82, 2.24) is 15.2 Å². The number of hydrogen-bond acceptors (Lipinski definition) is 3. The average Bonchev–Trinajstić information content (AvgIpc) is 3.37. The van der Waals surface area contributed by atoms with Gasteiger partial charge in [0.1, 0.15) is 12.6 Å². The van der Waals surface area contributed by atoms with E-state index < -0.39 is 12.1 Å². The number of fused-ring (bicyclic) bond motifs is 1. The van der Waals surface area contributed by atoms with Crippen LogP contribution in [0, 0.1) is 0 Å². The molecule has 2 aliphatic rings. The van der Waals surface area contributed by atoms with Crippen molar-refractivity contribution in [3.63, 3.8) is 0 Å². The van der Waals surface area contributed by atoms with E-state index in [0.717, 1.165) is 52.7 Å². The normalized spacial score (nSPS) is 19.2. The minimum absolute atomic E-state index is 0.0939. The van der Waals surface area contributed by atoms with Crippen LogP contribution in [0.5, 0.6) is 0 Å². The first-order valence-electron chi connectivity index (χ1n) is 11.7. The lowest BCUT2D eigenvalue weighted by molar-refractivity contribution is -0.131. The van der Waals surface area contributed by atoms with Gasteiger partial charge in [0.05, 0.1) is 0 Å². The van der Waals surface area contributed by atoms with E-state index in [4.69, 9.17) is 0 Å². The monoisotopic (exact) mass is 444 g/mol. The second kappa shape index (κ2) is 9.10. The first-order valence-corrected chi connectivity index (χ1v) is 11.7. The standard InChI is InChI=1S/C26H28N4O3/c31-24(30(19-9-3-1-4-10-19)20-11-5-2-6-12-20)17-29-25(32)23(28-26(29)33)15-18-16-27-22-14-8-7-13-21(18)22/h1,3-4,7-10,13-14,16,20,23,27H,2,5-6,11-12,15,17H2,(H,28,33)/t23-/m0/s1. The Balaban J connectivity index is 1.32. The maximum Gasteiger partial charge on any atom is 0.325 e. The number of aromatic amines is 1. The van der Waals surface area contributed by atoms with Gasteiger partial charge >= 0.3 is 6.03 Å². The number of rotatable bonds is 6. The van der Waals surface area contributed by atoms with Crippen LogP contribution in [-0.4, -0.2) is 46.4 Å². The molecule has 3 aromatic rings. The summed E-state index contributed by atoms with van der Waals surface area (Å²) in [4.78, 5) is 45.3. The molecule has 0 spiro atoms. The van der Waals surface area contributed by atoms with E-state index in [1.165, 1.54) is 6.42 Å². The van der Waals surface area contributed by atoms with Crippen LogP contribution in [0.25, 0.3) is 10.9 Å². The van der Waals surface area contributed by atoms with Crippen molar-refractivity contribution in [2.75, 3.05) is 11.4 Å². The molecule has 4 amide bonds. The minimum atomic E-state index is -0.677. The van der Waals surface area contributed by atoms with Crippen LogP contribution in [0.2, 0.25) is 0 Å². The van der Waals surface area contributed by atoms with Gasteiger partial charge in [0.2, 0.25) is 5.91 Å². The number of urea groups is 1. The molecule has 1 saturated heterocycles. The highest BCUT2D eigenvalue weighted by atomic mass is 16.2. The molecule has 1 atom stereocenters. The number of benzene rings is 2. The number of hydrogen-bond donors (Lipinski definition) is 2. The molecule has 0 unspecified atom stereocenters. The fourth-order valence-corrected chi connectivity index (χ4v) is 5.08. The lowest BCUT2D eigenvalue weighted by Crippen LogP contribution is -2.48. The Morgan fingerprint density at radius 1 is 0.970 bits per heavy atom. The predicted molar refractivity (Wildman–Crippen MR) is 127 cm³/mol. The van der Waals surface area contributed by atoms with E-state index in [1.54, 1.807) is 4.90 Å². The van der Waals surface area contributed by atoms with Gasteiger partial charge in [-0.1, -0.05) is 55.7 Å². The van der Waals surface area contributed by atoms with Crippen molar-refractivity contribution < 1.29 is 14.4 Å². The zero-order valence-corrected chi connectivity index (χ0v) is 18.5. The highest BCUT2D eigenvalue weighted by Crippen LogP contribution is 2.28. The van der Waals surface area contributed by atoms with E-state index in [-0.39, 0.29) is 24.4 Å². The van der Waals surface area contributed by atoms with Gasteiger partial charge in [-0.05, 0) is 36.6 Å². The Bertz CT molecular complexity index is 1170. The van der Waals surface area contributed by atoms with Gasteiger partial charge in [-0.25, -0.2) is 4.79 Å². The zero-order chi connectivity index (χ0) is 22.8. The second-order valence-corrected chi connectivity index (χ2v) is 8.88. The number of aromatic nitrogens is 1. The number of imide groups is 1. The lowest BCUT2D eigenvalue weighted by atomic mass is 9.93. The van der Waals surface area contributed by atoms with Gasteiger partial charge in [-0.3, -0.25) is 14.5 Å². The molecule has 0 bridgehead atoms. The smallest absolute Gasteiger partial charge is 0.325 e. The maximum absolute atomic E-state index is 13.4. The van der Waals surface area contributed by atoms with E-state index in [1.807, 2.05) is 60.8 Å². The number of carbonyl (C=O) groups excluding carboxylic acids is 3. The summed E-state index contributed by atoms with van der Waals surface area (Å²) in [6, 6.07) is 16.3. The number of anilines is 1. The Morgan fingerprint density at radius 2 is 1.70 bits per heavy atom. The van der Waals surface area contributed by atoms with Crippen molar-refractivity contribution in [2.45, 2.75) is 50.6 Å². The SMILES string of the molecule is O=C1N[C@@H](Cc2c[nH]c3ccccc23)C(=O)N1CC(=O)N(c1ccccc1)C1CCCCC1. The van der Waals surface area contributed by atoms with Crippen LogP contribution in [0.1, 0.15) is 37.7 Å². The molecule has 1 aliphatic carbocycles. The lowest BCUT2D eigenvalue weighted by Gasteiger charge is -2.35. The number of para-hydroxylation sites is 2. The molecule has 2 fully saturated rings. The molecule has 1 saturated carbocycles. The highest BCUT2D eigenvalue weighted by molar-refractivity contribution is 6.08. The molecule has 1 aliphatic heterocycles. The van der Waals surface area contributed by atoms with Crippen molar-refractivity contribution >= 4 is 34.4 Å². The van der Waals surface area contributed by atoms with Crippen LogP contribution in [-0.2, 0) is 16.0 Å². The summed E-state index contributed by atoms with van der Waals surface area (Å²) in [7, 11) is 0. The minimum Gasteiger partial charge on any atom is -0.361 e. The summed E-state index contributed by atoms with van der Waals surface area (Å²) < 4.78 is 0. The van der Waals surface area contributed by atoms with E-state index >= 15 is 0 Å². The third kappa shape index (κ3) is 4.23. The molecule has 2 N–H and O–H groups in total. The summed E-state index contributed by atoms with van der Waals surface area (Å²) in [6.07, 6.45) is 7.46. The van der Waals surface area contributed by atoms with Gasteiger partial charge in [-0.2, -0.15) is 0 Å². The molecule has 0 radical (unpaired) electrons. The molecule has 33 heavy (non-hydrogen) atoms. The molecule has 2 heterocycles. The van der Waals surface area contributed by atoms with Crippen molar-refractivity contribution in [1.29, 1.82) is 0 Å². The van der Waals surface area contributed by atoms with Gasteiger partial charge < -0.3 is 15.2 Å². The number of nitrogens with zero attached hydrogens (tertiary/aromatic N) is 2. The Hall–Kier alpha value is -3.61. The van der Waals surface area contributed by atoms with Gasteiger partial charge in [0.15, 0.2) is 0 Å². The van der Waals surface area contributed by atoms with Crippen molar-refractivity contribution in [3.8, 4) is 0 Å². The van der Waals surface area contributed by atoms with Crippen LogP contribution in [0.4, 0.5) is 10.5 Å². The largest absolute Gasteiger partial charge is 0.361 e. The van der Waals surface area contributed by atoms with Crippen LogP contribution >= 0.6 is 0 Å². The first-order chi connectivity index (χ1) is 16.1. The maximum atomic E-state index is 13.4. The van der Waals surface area contributed by atoms with Crippen LogP contribution < -0.4 is 10.2 Å². The molecule has 7 heteroatoms. The summed E-state index contributed by atoms with van der Waals surface area (Å²) in [5.74, 6) is -0.570. The summed E-state index contributed by atoms with van der Waals surface area (Å²) >= 11 is 0. The molecular weight excluding hydrogens is 416 g/mol. The summed E-state index contributed by atoms with van der Waals surface area (Å²) in [5.41, 5.74) is 2.77. The second-order valence-electron chi connectivity index (χ2n) is 8.88. The fraction of sp³-hybridized carbons (Fsp3) is 0.346. The van der Waals surface area contributed by atoms with E-state index in [2.05, 4.69) is 10.3 Å². The predicted octanol–water partition coefficient (Wildman–Crippen LogP) is 4.00. The zero-order valence-electron chi connectivity index (χ0n) is 18.5. The molecule has 5 rings (SSSR count). The fourth-order valence-electron chi connectivity index (χ4n) is 5.08. The van der Waals surface area contributed by atoms with Gasteiger partial charge in [-0.15, -0.1) is 0 Å². The Kier molecular flexibility index (Phi) is 5.86.